The van der Waals surface area contributed by atoms with Gasteiger partial charge in [0.2, 0.25) is 0 Å². The summed E-state index contributed by atoms with van der Waals surface area (Å²) in [6.07, 6.45) is 5.14. The predicted octanol–water partition coefficient (Wildman–Crippen LogP) is 1.91. The van der Waals surface area contributed by atoms with Crippen molar-refractivity contribution in [2.24, 2.45) is 10.7 Å². The minimum absolute atomic E-state index is 0.543. The Labute approximate surface area is 130 Å². The van der Waals surface area contributed by atoms with Crippen molar-refractivity contribution in [3.8, 4) is 0 Å². The molecule has 5 nitrogen and oxygen atoms in total. The lowest BCUT2D eigenvalue weighted by molar-refractivity contribution is 0.267. The van der Waals surface area contributed by atoms with Gasteiger partial charge in [0.15, 0.2) is 5.96 Å². The Hall–Kier alpha value is -1.14. The fraction of sp³-hybridized carbons (Fsp3) is 0.733. The molecule has 1 aliphatic heterocycles. The van der Waals surface area contributed by atoms with Crippen LogP contribution in [0.5, 0.6) is 0 Å². The molecule has 0 aromatic carbocycles. The Morgan fingerprint density at radius 2 is 2.38 bits per heavy atom. The molecule has 116 valence electrons. The van der Waals surface area contributed by atoms with E-state index in [1.807, 2.05) is 0 Å². The normalized spacial score (nSPS) is 23.7. The highest BCUT2D eigenvalue weighted by atomic mass is 32.1. The van der Waals surface area contributed by atoms with Gasteiger partial charge >= 0.3 is 0 Å². The van der Waals surface area contributed by atoms with Crippen molar-refractivity contribution in [3.05, 3.63) is 16.1 Å². The molecule has 1 aliphatic carbocycles. The van der Waals surface area contributed by atoms with Gasteiger partial charge in [-0.15, -0.1) is 11.3 Å². The summed E-state index contributed by atoms with van der Waals surface area (Å²) in [5, 5.41) is 6.50. The van der Waals surface area contributed by atoms with Gasteiger partial charge in [0, 0.05) is 23.9 Å². The summed E-state index contributed by atoms with van der Waals surface area (Å²) in [6.45, 7) is 6.04. The maximum Gasteiger partial charge on any atom is 0.189 e. The van der Waals surface area contributed by atoms with E-state index in [0.717, 1.165) is 24.0 Å². The maximum absolute atomic E-state index is 5.96. The van der Waals surface area contributed by atoms with Gasteiger partial charge in [-0.25, -0.2) is 9.98 Å². The summed E-state index contributed by atoms with van der Waals surface area (Å²) in [4.78, 5) is 11.5. The molecular weight excluding hydrogens is 282 g/mol. The van der Waals surface area contributed by atoms with E-state index in [0.29, 0.717) is 18.5 Å². The van der Waals surface area contributed by atoms with E-state index < -0.39 is 0 Å². The van der Waals surface area contributed by atoms with Gasteiger partial charge in [0.05, 0.1) is 12.2 Å². The van der Waals surface area contributed by atoms with E-state index in [2.05, 4.69) is 32.5 Å². The third kappa shape index (κ3) is 3.95. The van der Waals surface area contributed by atoms with E-state index >= 15 is 0 Å². The van der Waals surface area contributed by atoms with Crippen molar-refractivity contribution in [1.82, 2.24) is 15.2 Å². The van der Waals surface area contributed by atoms with E-state index in [4.69, 9.17) is 5.73 Å². The third-order valence-corrected chi connectivity index (χ3v) is 5.23. The van der Waals surface area contributed by atoms with Crippen LogP contribution < -0.4 is 11.1 Å². The van der Waals surface area contributed by atoms with Gasteiger partial charge < -0.3 is 11.1 Å². The number of nitrogens with one attached hydrogen (secondary N) is 1. The smallest absolute Gasteiger partial charge is 0.189 e. The van der Waals surface area contributed by atoms with Crippen LogP contribution >= 0.6 is 11.3 Å². The van der Waals surface area contributed by atoms with Crippen molar-refractivity contribution in [3.63, 3.8) is 0 Å². The first-order valence-corrected chi connectivity index (χ1v) is 8.86. The average molecular weight is 307 g/mol. The van der Waals surface area contributed by atoms with Gasteiger partial charge in [0.1, 0.15) is 5.01 Å². The van der Waals surface area contributed by atoms with Crippen LogP contribution in [0.3, 0.4) is 0 Å². The van der Waals surface area contributed by atoms with Crippen LogP contribution in [0.4, 0.5) is 0 Å². The van der Waals surface area contributed by atoms with Crippen LogP contribution in [-0.2, 0) is 6.54 Å². The zero-order valence-electron chi connectivity index (χ0n) is 12.7. The number of rotatable bonds is 6. The molecule has 0 bridgehead atoms. The number of guanidine groups is 1. The molecule has 21 heavy (non-hydrogen) atoms. The van der Waals surface area contributed by atoms with Crippen LogP contribution in [0.1, 0.15) is 49.2 Å². The first-order chi connectivity index (χ1) is 10.3. The SMILES string of the molecule is CCN1CCCC1CNC(N)=NCc1nc(C2CC2)cs1. The molecule has 0 radical (unpaired) electrons. The molecule has 6 heteroatoms. The van der Waals surface area contributed by atoms with Crippen LogP contribution in [0.15, 0.2) is 10.4 Å². The first-order valence-electron chi connectivity index (χ1n) is 7.98. The lowest BCUT2D eigenvalue weighted by Crippen LogP contribution is -2.42. The van der Waals surface area contributed by atoms with Crippen molar-refractivity contribution >= 4 is 17.3 Å². The molecule has 3 N–H and O–H groups in total. The number of likely N-dealkylation sites (N-methyl/N-ethyl adjacent to an activating group) is 1. The number of aromatic nitrogens is 1. The van der Waals surface area contributed by atoms with E-state index in [9.17, 15) is 0 Å². The molecule has 2 heterocycles. The highest BCUT2D eigenvalue weighted by Crippen LogP contribution is 2.40. The number of hydrogen-bond acceptors (Lipinski definition) is 4. The molecule has 1 atom stereocenters. The van der Waals surface area contributed by atoms with Gasteiger partial charge in [-0.2, -0.15) is 0 Å². The number of thiazole rings is 1. The highest BCUT2D eigenvalue weighted by Gasteiger charge is 2.26. The molecule has 1 saturated heterocycles. The quantitative estimate of drug-likeness (QED) is 0.622. The standard InChI is InChI=1S/C15H25N5S/c1-2-20-7-3-4-12(20)8-17-15(16)18-9-14-19-13(10-21-14)11-5-6-11/h10-12H,2-9H2,1H3,(H3,16,17,18). The number of likely N-dealkylation sites (tertiary alicyclic amines) is 1. The fourth-order valence-corrected chi connectivity index (χ4v) is 3.74. The minimum Gasteiger partial charge on any atom is -0.370 e. The third-order valence-electron chi connectivity index (χ3n) is 4.37. The number of nitrogens with two attached hydrogens (primary N) is 1. The molecule has 1 saturated carbocycles. The van der Waals surface area contributed by atoms with Crippen LogP contribution in [0.25, 0.3) is 0 Å². The van der Waals surface area contributed by atoms with Gasteiger partial charge in [-0.1, -0.05) is 6.92 Å². The van der Waals surface area contributed by atoms with Crippen LogP contribution in [-0.4, -0.2) is 41.5 Å². The van der Waals surface area contributed by atoms with Crippen molar-refractivity contribution in [2.45, 2.75) is 51.1 Å². The summed E-state index contributed by atoms with van der Waals surface area (Å²) in [7, 11) is 0. The van der Waals surface area contributed by atoms with Crippen LogP contribution in [0.2, 0.25) is 0 Å². The molecule has 1 aromatic rings. The highest BCUT2D eigenvalue weighted by molar-refractivity contribution is 7.09. The monoisotopic (exact) mass is 307 g/mol. The molecule has 3 rings (SSSR count). The number of nitrogens with zero attached hydrogens (tertiary/aromatic N) is 3. The Morgan fingerprint density at radius 3 is 3.14 bits per heavy atom. The molecule has 0 spiro atoms. The molecule has 2 fully saturated rings. The minimum atomic E-state index is 0.543. The Bertz CT molecular complexity index is 494. The first kappa shape index (κ1) is 14.8. The lowest BCUT2D eigenvalue weighted by atomic mass is 10.2. The van der Waals surface area contributed by atoms with E-state index in [1.54, 1.807) is 11.3 Å². The Balaban J connectivity index is 1.44. The molecular formula is C15H25N5S. The molecule has 1 unspecified atom stereocenters. The summed E-state index contributed by atoms with van der Waals surface area (Å²) >= 11 is 1.70. The van der Waals surface area contributed by atoms with Gasteiger partial charge in [-0.3, -0.25) is 4.90 Å². The van der Waals surface area contributed by atoms with E-state index in [-0.39, 0.29) is 0 Å². The number of aliphatic imine (C=N–C) groups is 1. The second kappa shape index (κ2) is 6.75. The van der Waals surface area contributed by atoms with Crippen molar-refractivity contribution in [2.75, 3.05) is 19.6 Å². The summed E-state index contributed by atoms with van der Waals surface area (Å²) in [6, 6.07) is 0.602. The van der Waals surface area contributed by atoms with E-state index in [1.165, 1.54) is 37.9 Å². The summed E-state index contributed by atoms with van der Waals surface area (Å²) in [5.74, 6) is 1.26. The molecule has 2 aliphatic rings. The van der Waals surface area contributed by atoms with Gasteiger partial charge in [0.25, 0.3) is 0 Å². The molecule has 0 amide bonds. The summed E-state index contributed by atoms with van der Waals surface area (Å²) in [5.41, 5.74) is 7.21. The fourth-order valence-electron chi connectivity index (χ4n) is 2.94. The second-order valence-electron chi connectivity index (χ2n) is 5.95. The number of hydrogen-bond donors (Lipinski definition) is 2. The van der Waals surface area contributed by atoms with Crippen molar-refractivity contribution < 1.29 is 0 Å². The van der Waals surface area contributed by atoms with Crippen LogP contribution in [0, 0.1) is 0 Å². The largest absolute Gasteiger partial charge is 0.370 e. The predicted molar refractivity (Wildman–Crippen MR) is 87.7 cm³/mol. The zero-order valence-corrected chi connectivity index (χ0v) is 13.5. The maximum atomic E-state index is 5.96. The van der Waals surface area contributed by atoms with Gasteiger partial charge in [-0.05, 0) is 38.8 Å². The average Bonchev–Trinajstić information content (AvgIpc) is 3.07. The lowest BCUT2D eigenvalue weighted by Gasteiger charge is -2.23. The zero-order chi connectivity index (χ0) is 14.7. The van der Waals surface area contributed by atoms with Crippen molar-refractivity contribution in [1.29, 1.82) is 0 Å². The Kier molecular flexibility index (Phi) is 4.75. The summed E-state index contributed by atoms with van der Waals surface area (Å²) < 4.78 is 0. The second-order valence-corrected chi connectivity index (χ2v) is 6.89. The Morgan fingerprint density at radius 1 is 1.52 bits per heavy atom. The molecule has 1 aromatic heterocycles. The topological polar surface area (TPSA) is 66.5 Å².